The summed E-state index contributed by atoms with van der Waals surface area (Å²) in [5, 5.41) is 13.3. The molecule has 2 heterocycles. The van der Waals surface area contributed by atoms with Crippen LogP contribution in [0, 0.1) is 5.41 Å². The maximum absolute atomic E-state index is 12.5. The van der Waals surface area contributed by atoms with Gasteiger partial charge in [-0.1, -0.05) is 18.2 Å². The number of rotatable bonds is 2. The summed E-state index contributed by atoms with van der Waals surface area (Å²) in [6.45, 7) is 3.86. The third-order valence-corrected chi connectivity index (χ3v) is 4.91. The molecule has 0 bridgehead atoms. The minimum atomic E-state index is 0.140. The topological polar surface area (TPSA) is 52.6 Å². The maximum Gasteiger partial charge on any atom is 0.227 e. The summed E-state index contributed by atoms with van der Waals surface area (Å²) in [7, 11) is 0. The second kappa shape index (κ2) is 6.06. The minimum Gasteiger partial charge on any atom is -0.508 e. The molecule has 2 aliphatic heterocycles. The number of hydrogen-bond acceptors (Lipinski definition) is 3. The lowest BCUT2D eigenvalue weighted by molar-refractivity contribution is -0.134. The fraction of sp³-hybridized carbons (Fsp3) is 0.588. The van der Waals surface area contributed by atoms with Gasteiger partial charge in [0.05, 0.1) is 6.42 Å². The number of phenolic OH excluding ortho intramolecular Hbond substituents is 1. The van der Waals surface area contributed by atoms with Crippen LogP contribution < -0.4 is 5.32 Å². The number of nitrogens with one attached hydrogen (secondary N) is 1. The SMILES string of the molecule is O=C(Cc1ccccc1O)N1CCCC2(CCCNC2)C1. The Morgan fingerprint density at radius 3 is 2.86 bits per heavy atom. The molecule has 4 heteroatoms. The molecule has 4 nitrogen and oxygen atoms in total. The van der Waals surface area contributed by atoms with Gasteiger partial charge in [-0.25, -0.2) is 0 Å². The third kappa shape index (κ3) is 3.21. The van der Waals surface area contributed by atoms with E-state index >= 15 is 0 Å². The number of amides is 1. The second-order valence-corrected chi connectivity index (χ2v) is 6.50. The van der Waals surface area contributed by atoms with Crippen LogP contribution in [-0.2, 0) is 11.2 Å². The Bertz CT molecular complexity index is 504. The predicted octanol–water partition coefficient (Wildman–Crippen LogP) is 1.93. The molecular formula is C17H24N2O2. The van der Waals surface area contributed by atoms with Crippen LogP contribution in [0.3, 0.4) is 0 Å². The van der Waals surface area contributed by atoms with E-state index in [2.05, 4.69) is 5.32 Å². The quantitative estimate of drug-likeness (QED) is 0.874. The average Bonchev–Trinajstić information content (AvgIpc) is 2.50. The number of hydrogen-bond donors (Lipinski definition) is 2. The zero-order chi connectivity index (χ0) is 14.7. The molecule has 1 amide bonds. The maximum atomic E-state index is 12.5. The largest absolute Gasteiger partial charge is 0.508 e. The molecule has 114 valence electrons. The highest BCUT2D eigenvalue weighted by Gasteiger charge is 2.37. The number of piperidine rings is 2. The van der Waals surface area contributed by atoms with E-state index in [0.717, 1.165) is 38.2 Å². The lowest BCUT2D eigenvalue weighted by atomic mass is 9.74. The Labute approximate surface area is 126 Å². The molecule has 0 aromatic heterocycles. The van der Waals surface area contributed by atoms with Crippen LogP contribution in [0.4, 0.5) is 0 Å². The Balaban J connectivity index is 1.66. The Kier molecular flexibility index (Phi) is 4.15. The fourth-order valence-corrected chi connectivity index (χ4v) is 3.73. The molecule has 21 heavy (non-hydrogen) atoms. The molecule has 3 rings (SSSR count). The first-order valence-corrected chi connectivity index (χ1v) is 7.94. The van der Waals surface area contributed by atoms with Gasteiger partial charge in [0.1, 0.15) is 5.75 Å². The zero-order valence-corrected chi connectivity index (χ0v) is 12.5. The highest BCUT2D eigenvalue weighted by molar-refractivity contribution is 5.79. The first-order chi connectivity index (χ1) is 10.2. The van der Waals surface area contributed by atoms with Gasteiger partial charge in [-0.3, -0.25) is 4.79 Å². The molecule has 2 aliphatic rings. The smallest absolute Gasteiger partial charge is 0.227 e. The van der Waals surface area contributed by atoms with Crippen LogP contribution in [0.1, 0.15) is 31.2 Å². The summed E-state index contributed by atoms with van der Waals surface area (Å²) in [6, 6.07) is 7.12. The molecule has 1 unspecified atom stereocenters. The molecule has 2 N–H and O–H groups in total. The first kappa shape index (κ1) is 14.4. The third-order valence-electron chi connectivity index (χ3n) is 4.91. The number of para-hydroxylation sites is 1. The van der Waals surface area contributed by atoms with Crippen LogP contribution >= 0.6 is 0 Å². The van der Waals surface area contributed by atoms with E-state index < -0.39 is 0 Å². The van der Waals surface area contributed by atoms with Crippen LogP contribution in [0.25, 0.3) is 0 Å². The van der Waals surface area contributed by atoms with Crippen LogP contribution in [-0.4, -0.2) is 42.1 Å². The van der Waals surface area contributed by atoms with Crippen molar-refractivity contribution in [2.45, 2.75) is 32.1 Å². The molecule has 0 saturated carbocycles. The van der Waals surface area contributed by atoms with E-state index in [1.165, 1.54) is 19.3 Å². The van der Waals surface area contributed by atoms with Crippen molar-refractivity contribution in [1.82, 2.24) is 10.2 Å². The lowest BCUT2D eigenvalue weighted by Crippen LogP contribution is -2.52. The summed E-state index contributed by atoms with van der Waals surface area (Å²) in [5.41, 5.74) is 1.01. The molecule has 0 aliphatic carbocycles. The molecule has 1 spiro atoms. The molecule has 2 fully saturated rings. The zero-order valence-electron chi connectivity index (χ0n) is 12.5. The van der Waals surface area contributed by atoms with Crippen molar-refractivity contribution in [1.29, 1.82) is 0 Å². The van der Waals surface area contributed by atoms with E-state index in [4.69, 9.17) is 0 Å². The van der Waals surface area contributed by atoms with Crippen molar-refractivity contribution < 1.29 is 9.90 Å². The van der Waals surface area contributed by atoms with Crippen molar-refractivity contribution >= 4 is 5.91 Å². The molecular weight excluding hydrogens is 264 g/mol. The van der Waals surface area contributed by atoms with Gasteiger partial charge in [-0.05, 0) is 38.3 Å². The lowest BCUT2D eigenvalue weighted by Gasteiger charge is -2.45. The number of aromatic hydroxyl groups is 1. The van der Waals surface area contributed by atoms with Gasteiger partial charge in [0.25, 0.3) is 0 Å². The summed E-state index contributed by atoms with van der Waals surface area (Å²) in [5.74, 6) is 0.359. The monoisotopic (exact) mass is 288 g/mol. The van der Waals surface area contributed by atoms with Crippen molar-refractivity contribution in [3.8, 4) is 5.75 Å². The first-order valence-electron chi connectivity index (χ1n) is 7.94. The van der Waals surface area contributed by atoms with Crippen molar-refractivity contribution in [3.63, 3.8) is 0 Å². The summed E-state index contributed by atoms with van der Waals surface area (Å²) < 4.78 is 0. The molecule has 1 aromatic rings. The molecule has 1 aromatic carbocycles. The molecule has 0 radical (unpaired) electrons. The van der Waals surface area contributed by atoms with Gasteiger partial charge >= 0.3 is 0 Å². The number of likely N-dealkylation sites (tertiary alicyclic amines) is 1. The standard InChI is InChI=1S/C17H24N2O2/c20-15-6-2-1-5-14(15)11-16(21)19-10-4-8-17(13-19)7-3-9-18-12-17/h1-2,5-6,18,20H,3-4,7-13H2. The molecule has 1 atom stereocenters. The second-order valence-electron chi connectivity index (χ2n) is 6.50. The minimum absolute atomic E-state index is 0.140. The molecule has 2 saturated heterocycles. The van der Waals surface area contributed by atoms with Crippen LogP contribution in [0.15, 0.2) is 24.3 Å². The van der Waals surface area contributed by atoms with E-state index in [1.807, 2.05) is 17.0 Å². The van der Waals surface area contributed by atoms with E-state index in [-0.39, 0.29) is 17.1 Å². The highest BCUT2D eigenvalue weighted by Crippen LogP contribution is 2.36. The summed E-state index contributed by atoms with van der Waals surface area (Å²) in [4.78, 5) is 14.5. The number of carbonyl (C=O) groups excluding carboxylic acids is 1. The van der Waals surface area contributed by atoms with Gasteiger partial charge in [0.2, 0.25) is 5.91 Å². The van der Waals surface area contributed by atoms with Gasteiger partial charge in [0, 0.05) is 30.6 Å². The number of phenols is 1. The Hall–Kier alpha value is -1.55. The summed E-state index contributed by atoms with van der Waals surface area (Å²) in [6.07, 6.45) is 5.05. The van der Waals surface area contributed by atoms with Gasteiger partial charge in [0.15, 0.2) is 0 Å². The van der Waals surface area contributed by atoms with Gasteiger partial charge in [-0.15, -0.1) is 0 Å². The van der Waals surface area contributed by atoms with Crippen LogP contribution in [0.5, 0.6) is 5.75 Å². The average molecular weight is 288 g/mol. The normalized spacial score (nSPS) is 26.0. The Morgan fingerprint density at radius 1 is 1.29 bits per heavy atom. The number of nitrogens with zero attached hydrogens (tertiary/aromatic N) is 1. The number of benzene rings is 1. The Morgan fingerprint density at radius 2 is 2.10 bits per heavy atom. The highest BCUT2D eigenvalue weighted by atomic mass is 16.3. The number of carbonyl (C=O) groups is 1. The van der Waals surface area contributed by atoms with Crippen molar-refractivity contribution in [2.24, 2.45) is 5.41 Å². The van der Waals surface area contributed by atoms with E-state index in [0.29, 0.717) is 6.42 Å². The van der Waals surface area contributed by atoms with E-state index in [9.17, 15) is 9.90 Å². The summed E-state index contributed by atoms with van der Waals surface area (Å²) >= 11 is 0. The van der Waals surface area contributed by atoms with Gasteiger partial charge in [-0.2, -0.15) is 0 Å². The van der Waals surface area contributed by atoms with E-state index in [1.54, 1.807) is 12.1 Å². The predicted molar refractivity (Wildman–Crippen MR) is 82.2 cm³/mol. The van der Waals surface area contributed by atoms with Crippen molar-refractivity contribution in [3.05, 3.63) is 29.8 Å². The van der Waals surface area contributed by atoms with Crippen LogP contribution in [0.2, 0.25) is 0 Å². The van der Waals surface area contributed by atoms with Gasteiger partial charge < -0.3 is 15.3 Å². The fourth-order valence-electron chi connectivity index (χ4n) is 3.73. The van der Waals surface area contributed by atoms with Crippen molar-refractivity contribution in [2.75, 3.05) is 26.2 Å².